The van der Waals surface area contributed by atoms with Gasteiger partial charge in [0.05, 0.1) is 5.92 Å². The topological polar surface area (TPSA) is 35.6 Å². The van der Waals surface area contributed by atoms with Crippen LogP contribution in [0.3, 0.4) is 0 Å². The van der Waals surface area contributed by atoms with E-state index < -0.39 is 0 Å². The van der Waals surface area contributed by atoms with Crippen molar-refractivity contribution in [3.05, 3.63) is 0 Å². The summed E-state index contributed by atoms with van der Waals surface area (Å²) < 4.78 is 0. The highest BCUT2D eigenvalue weighted by molar-refractivity contribution is 5.80. The first-order valence-electron chi connectivity index (χ1n) is 7.01. The monoisotopic (exact) mass is 237 g/mol. The first kappa shape index (κ1) is 11.5. The molecule has 3 heterocycles. The Bertz CT molecular complexity index is 301. The highest BCUT2D eigenvalue weighted by atomic mass is 16.2. The van der Waals surface area contributed by atoms with Gasteiger partial charge >= 0.3 is 0 Å². The number of hydrogen-bond donors (Lipinski definition) is 1. The molecule has 0 saturated carbocycles. The van der Waals surface area contributed by atoms with E-state index in [1.165, 1.54) is 19.4 Å². The molecule has 3 aliphatic heterocycles. The first-order chi connectivity index (χ1) is 8.25. The normalized spacial score (nSPS) is 38.4. The number of carbonyl (C=O) groups is 1. The molecule has 1 amide bonds. The summed E-state index contributed by atoms with van der Waals surface area (Å²) in [6, 6.07) is 1.04. The van der Waals surface area contributed by atoms with Gasteiger partial charge < -0.3 is 10.2 Å². The van der Waals surface area contributed by atoms with E-state index in [2.05, 4.69) is 22.0 Å². The van der Waals surface area contributed by atoms with Gasteiger partial charge in [-0.1, -0.05) is 0 Å². The fourth-order valence-electron chi connectivity index (χ4n) is 3.59. The number of nitrogens with zero attached hydrogens (tertiary/aromatic N) is 2. The fourth-order valence-corrected chi connectivity index (χ4v) is 3.59. The summed E-state index contributed by atoms with van der Waals surface area (Å²) in [6.45, 7) is 7.38. The van der Waals surface area contributed by atoms with Gasteiger partial charge in [-0.3, -0.25) is 9.69 Å². The Labute approximate surface area is 103 Å². The lowest BCUT2D eigenvalue weighted by atomic mass is 10.0. The van der Waals surface area contributed by atoms with Crippen LogP contribution in [-0.4, -0.2) is 60.5 Å². The standard InChI is InChI=1S/C13H23N3O/c1-10-8-15-6-2-3-12(15)9-16(10)13(17)11-4-5-14-7-11/h10-12,14H,2-9H2,1H3. The summed E-state index contributed by atoms with van der Waals surface area (Å²) in [4.78, 5) is 17.2. The number of hydrogen-bond acceptors (Lipinski definition) is 3. The third-order valence-corrected chi connectivity index (χ3v) is 4.63. The predicted octanol–water partition coefficient (Wildman–Crippen LogP) is 0.291. The van der Waals surface area contributed by atoms with Crippen LogP contribution in [-0.2, 0) is 4.79 Å². The maximum Gasteiger partial charge on any atom is 0.227 e. The summed E-state index contributed by atoms with van der Waals surface area (Å²) in [5, 5.41) is 3.30. The number of amides is 1. The lowest BCUT2D eigenvalue weighted by Gasteiger charge is -2.43. The second-order valence-electron chi connectivity index (χ2n) is 5.82. The van der Waals surface area contributed by atoms with E-state index in [0.29, 0.717) is 18.0 Å². The van der Waals surface area contributed by atoms with E-state index in [1.807, 2.05) is 0 Å². The van der Waals surface area contributed by atoms with Gasteiger partial charge in [-0.15, -0.1) is 0 Å². The van der Waals surface area contributed by atoms with Gasteiger partial charge in [-0.05, 0) is 39.3 Å². The lowest BCUT2D eigenvalue weighted by Crippen LogP contribution is -2.58. The largest absolute Gasteiger partial charge is 0.337 e. The molecule has 1 N–H and O–H groups in total. The second kappa shape index (κ2) is 4.58. The van der Waals surface area contributed by atoms with Crippen molar-refractivity contribution in [2.24, 2.45) is 5.92 Å². The molecule has 3 unspecified atom stereocenters. The van der Waals surface area contributed by atoms with Gasteiger partial charge in [0.1, 0.15) is 0 Å². The van der Waals surface area contributed by atoms with Crippen LogP contribution in [0.2, 0.25) is 0 Å². The molecular weight excluding hydrogens is 214 g/mol. The Hall–Kier alpha value is -0.610. The summed E-state index contributed by atoms with van der Waals surface area (Å²) in [5.41, 5.74) is 0. The molecular formula is C13H23N3O. The van der Waals surface area contributed by atoms with Gasteiger partial charge in [0.15, 0.2) is 0 Å². The molecule has 0 spiro atoms. The number of fused-ring (bicyclic) bond motifs is 1. The molecule has 4 nitrogen and oxygen atoms in total. The third kappa shape index (κ3) is 2.08. The smallest absolute Gasteiger partial charge is 0.227 e. The highest BCUT2D eigenvalue weighted by Gasteiger charge is 2.38. The molecule has 3 fully saturated rings. The van der Waals surface area contributed by atoms with Crippen molar-refractivity contribution in [1.82, 2.24) is 15.1 Å². The molecule has 3 saturated heterocycles. The van der Waals surface area contributed by atoms with E-state index >= 15 is 0 Å². The highest BCUT2D eigenvalue weighted by Crippen LogP contribution is 2.26. The van der Waals surface area contributed by atoms with Crippen molar-refractivity contribution >= 4 is 5.91 Å². The fraction of sp³-hybridized carbons (Fsp3) is 0.923. The Balaban J connectivity index is 1.67. The number of carbonyl (C=O) groups excluding carboxylic acids is 1. The van der Waals surface area contributed by atoms with Crippen LogP contribution in [0.25, 0.3) is 0 Å². The van der Waals surface area contributed by atoms with Crippen molar-refractivity contribution in [2.75, 3.05) is 32.7 Å². The molecule has 4 heteroatoms. The van der Waals surface area contributed by atoms with E-state index in [9.17, 15) is 4.79 Å². The van der Waals surface area contributed by atoms with Crippen LogP contribution >= 0.6 is 0 Å². The summed E-state index contributed by atoms with van der Waals surface area (Å²) in [6.07, 6.45) is 3.61. The van der Waals surface area contributed by atoms with E-state index in [-0.39, 0.29) is 5.92 Å². The molecule has 0 aromatic heterocycles. The Kier molecular flexibility index (Phi) is 3.09. The van der Waals surface area contributed by atoms with Crippen LogP contribution < -0.4 is 5.32 Å². The van der Waals surface area contributed by atoms with Crippen molar-refractivity contribution in [3.8, 4) is 0 Å². The maximum atomic E-state index is 12.5. The molecule has 3 atom stereocenters. The SMILES string of the molecule is CC1CN2CCCC2CN1C(=O)C1CCNC1. The first-order valence-corrected chi connectivity index (χ1v) is 7.01. The minimum absolute atomic E-state index is 0.241. The van der Waals surface area contributed by atoms with Gasteiger partial charge in [0.25, 0.3) is 0 Å². The van der Waals surface area contributed by atoms with Crippen molar-refractivity contribution in [2.45, 2.75) is 38.3 Å². The average molecular weight is 237 g/mol. The summed E-state index contributed by atoms with van der Waals surface area (Å²) in [5.74, 6) is 0.638. The molecule has 3 aliphatic rings. The molecule has 96 valence electrons. The average Bonchev–Trinajstić information content (AvgIpc) is 2.97. The van der Waals surface area contributed by atoms with Gasteiger partial charge in [0, 0.05) is 31.7 Å². The molecule has 0 radical (unpaired) electrons. The van der Waals surface area contributed by atoms with Crippen LogP contribution in [0.1, 0.15) is 26.2 Å². The summed E-state index contributed by atoms with van der Waals surface area (Å²) in [7, 11) is 0. The zero-order chi connectivity index (χ0) is 11.8. The maximum absolute atomic E-state index is 12.5. The molecule has 0 bridgehead atoms. The second-order valence-corrected chi connectivity index (χ2v) is 5.82. The van der Waals surface area contributed by atoms with Crippen LogP contribution in [0, 0.1) is 5.92 Å². The van der Waals surface area contributed by atoms with E-state index in [4.69, 9.17) is 0 Å². The van der Waals surface area contributed by atoms with Crippen molar-refractivity contribution in [1.29, 1.82) is 0 Å². The quantitative estimate of drug-likeness (QED) is 0.712. The van der Waals surface area contributed by atoms with E-state index in [1.54, 1.807) is 0 Å². The van der Waals surface area contributed by atoms with Gasteiger partial charge in [-0.2, -0.15) is 0 Å². The summed E-state index contributed by atoms with van der Waals surface area (Å²) >= 11 is 0. The predicted molar refractivity (Wildman–Crippen MR) is 66.7 cm³/mol. The molecule has 0 aromatic carbocycles. The van der Waals surface area contributed by atoms with Crippen molar-refractivity contribution in [3.63, 3.8) is 0 Å². The van der Waals surface area contributed by atoms with Crippen molar-refractivity contribution < 1.29 is 4.79 Å². The molecule has 17 heavy (non-hydrogen) atoms. The molecule has 0 aromatic rings. The zero-order valence-electron chi connectivity index (χ0n) is 10.7. The minimum Gasteiger partial charge on any atom is -0.337 e. The lowest BCUT2D eigenvalue weighted by molar-refractivity contribution is -0.140. The minimum atomic E-state index is 0.241. The Morgan fingerprint density at radius 3 is 2.94 bits per heavy atom. The third-order valence-electron chi connectivity index (χ3n) is 4.63. The van der Waals surface area contributed by atoms with Gasteiger partial charge in [0.2, 0.25) is 5.91 Å². The molecule has 3 rings (SSSR count). The van der Waals surface area contributed by atoms with Crippen LogP contribution in [0.4, 0.5) is 0 Å². The van der Waals surface area contributed by atoms with E-state index in [0.717, 1.165) is 32.6 Å². The number of piperazine rings is 1. The Morgan fingerprint density at radius 1 is 1.29 bits per heavy atom. The number of rotatable bonds is 1. The molecule has 0 aliphatic carbocycles. The van der Waals surface area contributed by atoms with Crippen LogP contribution in [0.15, 0.2) is 0 Å². The number of nitrogens with one attached hydrogen (secondary N) is 1. The van der Waals surface area contributed by atoms with Gasteiger partial charge in [-0.25, -0.2) is 0 Å². The zero-order valence-corrected chi connectivity index (χ0v) is 10.7. The van der Waals surface area contributed by atoms with Crippen LogP contribution in [0.5, 0.6) is 0 Å². The Morgan fingerprint density at radius 2 is 2.18 bits per heavy atom.